The lowest BCUT2D eigenvalue weighted by molar-refractivity contribution is -0.139. The predicted molar refractivity (Wildman–Crippen MR) is 159 cm³/mol. The van der Waals surface area contributed by atoms with E-state index in [1.165, 1.54) is 17.0 Å². The number of amides is 2. The molecule has 1 aliphatic carbocycles. The lowest BCUT2D eigenvalue weighted by Gasteiger charge is -2.33. The predicted octanol–water partition coefficient (Wildman–Crippen LogP) is 5.71. The number of carbonyl (C=O) groups excluding carboxylic acids is 2. The Kier molecular flexibility index (Phi) is 9.87. The van der Waals surface area contributed by atoms with Crippen LogP contribution in [-0.4, -0.2) is 43.8 Å². The van der Waals surface area contributed by atoms with Gasteiger partial charge in [-0.1, -0.05) is 73.3 Å². The van der Waals surface area contributed by atoms with E-state index in [-0.39, 0.29) is 23.4 Å². The molecule has 40 heavy (non-hydrogen) atoms. The number of aryl methyl sites for hydroxylation is 1. The van der Waals surface area contributed by atoms with Crippen LogP contribution in [0.2, 0.25) is 5.02 Å². The molecule has 4 rings (SSSR count). The van der Waals surface area contributed by atoms with Gasteiger partial charge >= 0.3 is 0 Å². The third kappa shape index (κ3) is 7.23. The zero-order chi connectivity index (χ0) is 28.7. The van der Waals surface area contributed by atoms with Crippen molar-refractivity contribution in [1.82, 2.24) is 10.2 Å². The quantitative estimate of drug-likeness (QED) is 0.332. The van der Waals surface area contributed by atoms with Crippen LogP contribution < -0.4 is 9.62 Å². The van der Waals surface area contributed by atoms with Crippen LogP contribution in [0.25, 0.3) is 0 Å². The highest BCUT2D eigenvalue weighted by Gasteiger charge is 2.33. The molecule has 1 saturated carbocycles. The maximum atomic E-state index is 14.0. The molecule has 1 aliphatic rings. The van der Waals surface area contributed by atoms with Crippen molar-refractivity contribution in [3.63, 3.8) is 0 Å². The summed E-state index contributed by atoms with van der Waals surface area (Å²) >= 11 is 6.08. The first kappa shape index (κ1) is 29.6. The Morgan fingerprint density at radius 3 is 2.20 bits per heavy atom. The van der Waals surface area contributed by atoms with Gasteiger partial charge in [0.05, 0.1) is 10.6 Å². The average Bonchev–Trinajstić information content (AvgIpc) is 2.96. The molecule has 3 aromatic carbocycles. The highest BCUT2D eigenvalue weighted by Crippen LogP contribution is 2.26. The fourth-order valence-electron chi connectivity index (χ4n) is 4.98. The summed E-state index contributed by atoms with van der Waals surface area (Å²) in [6.07, 6.45) is 5.14. The zero-order valence-electron chi connectivity index (χ0n) is 22.9. The summed E-state index contributed by atoms with van der Waals surface area (Å²) in [4.78, 5) is 29.0. The van der Waals surface area contributed by atoms with Crippen LogP contribution in [-0.2, 0) is 26.2 Å². The monoisotopic (exact) mass is 581 g/mol. The van der Waals surface area contributed by atoms with Crippen LogP contribution in [0, 0.1) is 6.92 Å². The van der Waals surface area contributed by atoms with Crippen molar-refractivity contribution in [2.75, 3.05) is 10.8 Å². The summed E-state index contributed by atoms with van der Waals surface area (Å²) in [6, 6.07) is 21.2. The van der Waals surface area contributed by atoms with E-state index >= 15 is 0 Å². The van der Waals surface area contributed by atoms with Crippen molar-refractivity contribution >= 4 is 39.1 Å². The molecular formula is C31H36ClN3O4S. The number of anilines is 1. The fraction of sp³-hybridized carbons (Fsp3) is 0.355. The normalized spacial score (nSPS) is 14.8. The Balaban J connectivity index is 1.67. The van der Waals surface area contributed by atoms with Gasteiger partial charge in [-0.3, -0.25) is 13.9 Å². The number of sulfonamides is 1. The molecule has 212 valence electrons. The molecule has 9 heteroatoms. The number of carbonyl (C=O) groups is 2. The molecular weight excluding hydrogens is 546 g/mol. The minimum absolute atomic E-state index is 0.0614. The van der Waals surface area contributed by atoms with Gasteiger partial charge in [-0.05, 0) is 74.2 Å². The van der Waals surface area contributed by atoms with E-state index in [0.29, 0.717) is 10.7 Å². The number of nitrogens with one attached hydrogen (secondary N) is 1. The number of nitrogens with zero attached hydrogens (tertiary/aromatic N) is 2. The van der Waals surface area contributed by atoms with E-state index in [2.05, 4.69) is 5.32 Å². The Hall–Kier alpha value is -3.36. The number of hydrogen-bond acceptors (Lipinski definition) is 4. The molecule has 1 N–H and O–H groups in total. The van der Waals surface area contributed by atoms with Crippen molar-refractivity contribution < 1.29 is 18.0 Å². The summed E-state index contributed by atoms with van der Waals surface area (Å²) in [5.41, 5.74) is 2.17. The molecule has 0 unspecified atom stereocenters. The molecule has 0 saturated heterocycles. The second-order valence-electron chi connectivity index (χ2n) is 10.3. The molecule has 0 aliphatic heterocycles. The highest BCUT2D eigenvalue weighted by atomic mass is 35.5. The van der Waals surface area contributed by atoms with Gasteiger partial charge in [-0.25, -0.2) is 8.42 Å². The molecule has 0 bridgehead atoms. The molecule has 7 nitrogen and oxygen atoms in total. The van der Waals surface area contributed by atoms with Crippen LogP contribution in [0.3, 0.4) is 0 Å². The first-order chi connectivity index (χ1) is 19.2. The van der Waals surface area contributed by atoms with Crippen molar-refractivity contribution in [3.8, 4) is 0 Å². The van der Waals surface area contributed by atoms with E-state index in [1.54, 1.807) is 49.4 Å². The van der Waals surface area contributed by atoms with Crippen molar-refractivity contribution in [2.45, 2.75) is 69.5 Å². The molecule has 3 aromatic rings. The number of halogens is 1. The van der Waals surface area contributed by atoms with Crippen molar-refractivity contribution in [1.29, 1.82) is 0 Å². The molecule has 0 spiro atoms. The average molecular weight is 582 g/mol. The summed E-state index contributed by atoms with van der Waals surface area (Å²) < 4.78 is 28.7. The van der Waals surface area contributed by atoms with Crippen LogP contribution in [0.15, 0.2) is 83.8 Å². The maximum Gasteiger partial charge on any atom is 0.264 e. The minimum atomic E-state index is -4.10. The lowest BCUT2D eigenvalue weighted by atomic mass is 9.95. The van der Waals surface area contributed by atoms with Gasteiger partial charge in [0.15, 0.2) is 0 Å². The van der Waals surface area contributed by atoms with Gasteiger partial charge < -0.3 is 10.2 Å². The van der Waals surface area contributed by atoms with E-state index in [4.69, 9.17) is 11.6 Å². The topological polar surface area (TPSA) is 86.8 Å². The highest BCUT2D eigenvalue weighted by molar-refractivity contribution is 7.92. The largest absolute Gasteiger partial charge is 0.352 e. The number of rotatable bonds is 10. The van der Waals surface area contributed by atoms with E-state index in [9.17, 15) is 18.0 Å². The molecule has 1 fully saturated rings. The van der Waals surface area contributed by atoms with Gasteiger partial charge in [0.25, 0.3) is 10.0 Å². The van der Waals surface area contributed by atoms with Gasteiger partial charge in [0.2, 0.25) is 11.8 Å². The first-order valence-electron chi connectivity index (χ1n) is 13.6. The molecule has 2 amide bonds. The third-order valence-corrected chi connectivity index (χ3v) is 9.49. The van der Waals surface area contributed by atoms with Crippen LogP contribution >= 0.6 is 11.6 Å². The molecule has 0 heterocycles. The van der Waals surface area contributed by atoms with Gasteiger partial charge in [-0.15, -0.1) is 0 Å². The SMILES string of the molecule is Cc1ccccc1CN(C(=O)CN(c1ccc(Cl)cc1)S(=O)(=O)c1ccccc1)[C@@H](C)C(=O)NC1CCCCC1. The summed E-state index contributed by atoms with van der Waals surface area (Å²) in [6.45, 7) is 3.34. The number of benzene rings is 3. The second-order valence-corrected chi connectivity index (χ2v) is 12.6. The molecule has 1 atom stereocenters. The minimum Gasteiger partial charge on any atom is -0.352 e. The lowest BCUT2D eigenvalue weighted by Crippen LogP contribution is -2.53. The number of hydrogen-bond donors (Lipinski definition) is 1. The van der Waals surface area contributed by atoms with Crippen LogP contribution in [0.1, 0.15) is 50.2 Å². The van der Waals surface area contributed by atoms with Gasteiger partial charge in [0, 0.05) is 17.6 Å². The van der Waals surface area contributed by atoms with E-state index < -0.39 is 28.5 Å². The Morgan fingerprint density at radius 2 is 1.55 bits per heavy atom. The van der Waals surface area contributed by atoms with Crippen LogP contribution in [0.4, 0.5) is 5.69 Å². The molecule has 0 radical (unpaired) electrons. The zero-order valence-corrected chi connectivity index (χ0v) is 24.5. The Bertz CT molecular complexity index is 1410. The van der Waals surface area contributed by atoms with E-state index in [1.807, 2.05) is 31.2 Å². The summed E-state index contributed by atoms with van der Waals surface area (Å²) in [7, 11) is -4.10. The van der Waals surface area contributed by atoms with Gasteiger partial charge in [-0.2, -0.15) is 0 Å². The van der Waals surface area contributed by atoms with Gasteiger partial charge in [0.1, 0.15) is 12.6 Å². The smallest absolute Gasteiger partial charge is 0.264 e. The van der Waals surface area contributed by atoms with Crippen molar-refractivity contribution in [2.24, 2.45) is 0 Å². The maximum absolute atomic E-state index is 14.0. The third-order valence-electron chi connectivity index (χ3n) is 7.45. The second kappa shape index (κ2) is 13.3. The van der Waals surface area contributed by atoms with Crippen LogP contribution in [0.5, 0.6) is 0 Å². The summed E-state index contributed by atoms with van der Waals surface area (Å²) in [5.74, 6) is -0.721. The van der Waals surface area contributed by atoms with E-state index in [0.717, 1.165) is 47.5 Å². The Labute approximate surface area is 242 Å². The fourth-order valence-corrected chi connectivity index (χ4v) is 6.54. The molecule has 0 aromatic heterocycles. The first-order valence-corrected chi connectivity index (χ1v) is 15.5. The summed E-state index contributed by atoms with van der Waals surface area (Å²) in [5, 5.41) is 3.57. The standard InChI is InChI=1S/C31H36ClN3O4S/c1-23-11-9-10-12-25(23)21-34(24(2)31(37)33-27-13-5-3-6-14-27)30(36)22-35(28-19-17-26(32)18-20-28)40(38,39)29-15-7-4-8-16-29/h4,7-12,15-20,24,27H,3,5-6,13-14,21-22H2,1-2H3,(H,33,37)/t24-/m0/s1. The van der Waals surface area contributed by atoms with Crippen molar-refractivity contribution in [3.05, 3.63) is 95.0 Å². The Morgan fingerprint density at radius 1 is 0.925 bits per heavy atom.